The molecule has 152 valence electrons. The van der Waals surface area contributed by atoms with Crippen molar-refractivity contribution in [2.24, 2.45) is 5.92 Å². The molecule has 1 aliphatic heterocycles. The van der Waals surface area contributed by atoms with Gasteiger partial charge in [0.25, 0.3) is 5.91 Å². The van der Waals surface area contributed by atoms with Gasteiger partial charge in [-0.15, -0.1) is 0 Å². The molecule has 1 saturated heterocycles. The highest BCUT2D eigenvalue weighted by Crippen LogP contribution is 2.38. The lowest BCUT2D eigenvalue weighted by Gasteiger charge is -2.36. The minimum Gasteiger partial charge on any atom is -0.459 e. The Bertz CT molecular complexity index is 766. The fourth-order valence-electron chi connectivity index (χ4n) is 4.08. The van der Waals surface area contributed by atoms with Crippen LogP contribution in [-0.2, 0) is 26.3 Å². The number of nitrogens with one attached hydrogen (secondary N) is 1. The molecular weight excluding hydrogens is 356 g/mol. The van der Waals surface area contributed by atoms with Crippen molar-refractivity contribution in [3.8, 4) is 0 Å². The number of carbonyl (C=O) groups excluding carboxylic acids is 3. The predicted octanol–water partition coefficient (Wildman–Crippen LogP) is 3.53. The van der Waals surface area contributed by atoms with Crippen molar-refractivity contribution in [1.29, 1.82) is 0 Å². The second-order valence-corrected chi connectivity index (χ2v) is 9.05. The third kappa shape index (κ3) is 3.91. The number of imide groups is 1. The van der Waals surface area contributed by atoms with Crippen LogP contribution in [0.2, 0.25) is 0 Å². The highest BCUT2D eigenvalue weighted by molar-refractivity contribution is 6.08. The normalized spacial score (nSPS) is 25.1. The third-order valence-electron chi connectivity index (χ3n) is 6.01. The van der Waals surface area contributed by atoms with Gasteiger partial charge in [0.15, 0.2) is 0 Å². The zero-order valence-electron chi connectivity index (χ0n) is 17.2. The molecule has 0 radical (unpaired) electrons. The number of esters is 1. The van der Waals surface area contributed by atoms with Crippen LogP contribution in [-0.4, -0.2) is 34.9 Å². The van der Waals surface area contributed by atoms with Gasteiger partial charge in [0, 0.05) is 0 Å². The van der Waals surface area contributed by atoms with E-state index in [4.69, 9.17) is 4.74 Å². The van der Waals surface area contributed by atoms with Crippen LogP contribution in [0.1, 0.15) is 64.5 Å². The van der Waals surface area contributed by atoms with Crippen molar-refractivity contribution in [2.45, 2.75) is 70.9 Å². The van der Waals surface area contributed by atoms with Crippen LogP contribution in [0.15, 0.2) is 24.3 Å². The molecule has 2 aliphatic rings. The molecule has 6 nitrogen and oxygen atoms in total. The summed E-state index contributed by atoms with van der Waals surface area (Å²) in [6, 6.07) is 7.41. The number of urea groups is 1. The van der Waals surface area contributed by atoms with Gasteiger partial charge in [-0.1, -0.05) is 64.8 Å². The van der Waals surface area contributed by atoms with E-state index in [-0.39, 0.29) is 30.4 Å². The molecule has 2 unspecified atom stereocenters. The minimum absolute atomic E-state index is 0.0604. The summed E-state index contributed by atoms with van der Waals surface area (Å²) in [5, 5.41) is 2.85. The van der Waals surface area contributed by atoms with Crippen LogP contribution < -0.4 is 5.32 Å². The zero-order chi connectivity index (χ0) is 20.5. The summed E-state index contributed by atoms with van der Waals surface area (Å²) in [6.45, 7) is 8.17. The summed E-state index contributed by atoms with van der Waals surface area (Å²) in [5.41, 5.74) is 1.29. The van der Waals surface area contributed by atoms with Crippen molar-refractivity contribution >= 4 is 17.9 Å². The third-order valence-corrected chi connectivity index (χ3v) is 6.01. The van der Waals surface area contributed by atoms with E-state index in [2.05, 4.69) is 26.1 Å². The summed E-state index contributed by atoms with van der Waals surface area (Å²) >= 11 is 0. The van der Waals surface area contributed by atoms with Gasteiger partial charge in [-0.2, -0.15) is 0 Å². The van der Waals surface area contributed by atoms with Crippen molar-refractivity contribution in [2.75, 3.05) is 6.54 Å². The maximum Gasteiger partial charge on any atom is 0.326 e. The highest BCUT2D eigenvalue weighted by atomic mass is 16.5. The monoisotopic (exact) mass is 386 g/mol. The van der Waals surface area contributed by atoms with E-state index in [1.54, 1.807) is 0 Å². The summed E-state index contributed by atoms with van der Waals surface area (Å²) < 4.78 is 5.30. The van der Waals surface area contributed by atoms with Crippen LogP contribution >= 0.6 is 0 Å². The van der Waals surface area contributed by atoms with E-state index in [0.29, 0.717) is 6.42 Å². The van der Waals surface area contributed by atoms with Crippen LogP contribution in [0.4, 0.5) is 4.79 Å². The average molecular weight is 386 g/mol. The summed E-state index contributed by atoms with van der Waals surface area (Å²) in [4.78, 5) is 38.5. The van der Waals surface area contributed by atoms with Crippen molar-refractivity contribution in [3.63, 3.8) is 0 Å². The number of hydrogen-bond acceptors (Lipinski definition) is 4. The molecule has 1 heterocycles. The largest absolute Gasteiger partial charge is 0.459 e. The first kappa shape index (κ1) is 20.4. The van der Waals surface area contributed by atoms with E-state index >= 15 is 0 Å². The van der Waals surface area contributed by atoms with Gasteiger partial charge in [0.05, 0.1) is 0 Å². The Morgan fingerprint density at radius 1 is 1.21 bits per heavy atom. The molecule has 1 aromatic carbocycles. The predicted molar refractivity (Wildman–Crippen MR) is 106 cm³/mol. The molecular formula is C22H30N2O4. The Kier molecular flexibility index (Phi) is 5.50. The molecule has 2 fully saturated rings. The molecule has 1 aliphatic carbocycles. The molecule has 3 amide bonds. The van der Waals surface area contributed by atoms with Gasteiger partial charge in [-0.25, -0.2) is 4.79 Å². The van der Waals surface area contributed by atoms with Gasteiger partial charge < -0.3 is 10.1 Å². The maximum absolute atomic E-state index is 12.9. The van der Waals surface area contributed by atoms with Crippen molar-refractivity contribution in [1.82, 2.24) is 10.2 Å². The topological polar surface area (TPSA) is 75.7 Å². The SMILES string of the molecule is CC1CCCCC12NC(=O)N(CC(=O)OCc1ccc(C(C)(C)C)cc1)C2=O. The van der Waals surface area contributed by atoms with Crippen LogP contribution in [0.3, 0.4) is 0 Å². The molecule has 0 bridgehead atoms. The number of carbonyl (C=O) groups is 3. The van der Waals surface area contributed by atoms with E-state index in [1.165, 1.54) is 5.56 Å². The lowest BCUT2D eigenvalue weighted by atomic mass is 9.73. The van der Waals surface area contributed by atoms with Gasteiger partial charge in [0.1, 0.15) is 18.7 Å². The number of ether oxygens (including phenoxy) is 1. The van der Waals surface area contributed by atoms with Gasteiger partial charge in [0.2, 0.25) is 0 Å². The second-order valence-electron chi connectivity index (χ2n) is 9.05. The molecule has 6 heteroatoms. The molecule has 1 spiro atoms. The van der Waals surface area contributed by atoms with Crippen molar-refractivity contribution < 1.29 is 19.1 Å². The number of hydrogen-bond donors (Lipinski definition) is 1. The van der Waals surface area contributed by atoms with E-state index in [9.17, 15) is 14.4 Å². The Labute approximate surface area is 166 Å². The van der Waals surface area contributed by atoms with E-state index in [1.807, 2.05) is 31.2 Å². The Hall–Kier alpha value is -2.37. The fraction of sp³-hybridized carbons (Fsp3) is 0.591. The molecule has 28 heavy (non-hydrogen) atoms. The zero-order valence-corrected chi connectivity index (χ0v) is 17.2. The average Bonchev–Trinajstić information content (AvgIpc) is 2.87. The van der Waals surface area contributed by atoms with E-state index in [0.717, 1.165) is 29.7 Å². The van der Waals surface area contributed by atoms with Crippen LogP contribution in [0, 0.1) is 5.92 Å². The molecule has 3 rings (SSSR count). The smallest absolute Gasteiger partial charge is 0.326 e. The molecule has 1 saturated carbocycles. The Morgan fingerprint density at radius 3 is 2.50 bits per heavy atom. The standard InChI is InChI=1S/C22H30N2O4/c1-15-7-5-6-12-22(15)19(26)24(20(27)23-22)13-18(25)28-14-16-8-10-17(11-9-16)21(2,3)4/h8-11,15H,5-7,12-14H2,1-4H3,(H,23,27). The molecule has 0 aromatic heterocycles. The first-order valence-corrected chi connectivity index (χ1v) is 10.0. The van der Waals surface area contributed by atoms with Gasteiger partial charge in [-0.05, 0) is 35.3 Å². The first-order chi connectivity index (χ1) is 13.1. The summed E-state index contributed by atoms with van der Waals surface area (Å²) in [6.07, 6.45) is 3.49. The number of amides is 3. The van der Waals surface area contributed by atoms with Crippen molar-refractivity contribution in [3.05, 3.63) is 35.4 Å². The number of rotatable bonds is 4. The fourth-order valence-corrected chi connectivity index (χ4v) is 4.08. The molecule has 2 atom stereocenters. The quantitative estimate of drug-likeness (QED) is 0.634. The lowest BCUT2D eigenvalue weighted by molar-refractivity contribution is -0.149. The summed E-state index contributed by atoms with van der Waals surface area (Å²) in [7, 11) is 0. The summed E-state index contributed by atoms with van der Waals surface area (Å²) in [5.74, 6) is -0.805. The van der Waals surface area contributed by atoms with Crippen LogP contribution in [0.5, 0.6) is 0 Å². The molecule has 1 aromatic rings. The Balaban J connectivity index is 1.57. The maximum atomic E-state index is 12.9. The highest BCUT2D eigenvalue weighted by Gasteiger charge is 2.55. The number of benzene rings is 1. The minimum atomic E-state index is -0.849. The van der Waals surface area contributed by atoms with Gasteiger partial charge >= 0.3 is 12.0 Å². The lowest BCUT2D eigenvalue weighted by Crippen LogP contribution is -2.54. The Morgan fingerprint density at radius 2 is 1.89 bits per heavy atom. The van der Waals surface area contributed by atoms with E-state index < -0.39 is 17.5 Å². The second kappa shape index (κ2) is 7.57. The number of nitrogens with zero attached hydrogens (tertiary/aromatic N) is 1. The van der Waals surface area contributed by atoms with Crippen LogP contribution in [0.25, 0.3) is 0 Å². The molecule has 1 N–H and O–H groups in total. The first-order valence-electron chi connectivity index (χ1n) is 10.0. The van der Waals surface area contributed by atoms with Gasteiger partial charge in [-0.3, -0.25) is 14.5 Å².